The van der Waals surface area contributed by atoms with E-state index in [-0.39, 0.29) is 95.9 Å². The van der Waals surface area contributed by atoms with Gasteiger partial charge in [0.15, 0.2) is 0 Å². The number of rotatable bonds is 8. The quantitative estimate of drug-likeness (QED) is 0.141. The highest BCUT2D eigenvalue weighted by atomic mass is 127. The van der Waals surface area contributed by atoms with Gasteiger partial charge in [-0.05, 0) is 97.1 Å². The second-order valence-corrected chi connectivity index (χ2v) is 12.9. The average molecular weight is 1240 g/mol. The lowest BCUT2D eigenvalue weighted by atomic mass is 10.2. The van der Waals surface area contributed by atoms with Crippen molar-refractivity contribution in [2.24, 2.45) is 0 Å². The molecule has 0 heterocycles. The third-order valence-electron chi connectivity index (χ3n) is 9.15. The molecule has 8 aromatic carbocycles. The third kappa shape index (κ3) is 17.8. The minimum atomic E-state index is 0. The molecule has 0 aliphatic heterocycles. The third-order valence-corrected chi connectivity index (χ3v) is 9.15. The van der Waals surface area contributed by atoms with Gasteiger partial charge in [-0.25, -0.2) is 0 Å². The van der Waals surface area contributed by atoms with Crippen molar-refractivity contribution in [1.29, 1.82) is 0 Å². The summed E-state index contributed by atoms with van der Waals surface area (Å²) in [5, 5.41) is 0. The fourth-order valence-electron chi connectivity index (χ4n) is 5.81. The molecule has 0 radical (unpaired) electrons. The van der Waals surface area contributed by atoms with Gasteiger partial charge in [0.25, 0.3) is 0 Å². The number of para-hydroxylation sites is 8. The van der Waals surface area contributed by atoms with Gasteiger partial charge in [-0.2, -0.15) is 0 Å². The average Bonchev–Trinajstić information content (AvgIpc) is 3.31. The molecule has 0 aliphatic rings. The molecular formula is C52H56I4N4. The molecule has 8 heteroatoms. The smallest absolute Gasteiger partial charge is 0.0408 e. The molecule has 0 aliphatic carbocycles. The van der Waals surface area contributed by atoms with E-state index < -0.39 is 0 Å². The Kier molecular flexibility index (Phi) is 27.7. The number of hydrogen-bond donors (Lipinski definition) is 0. The zero-order valence-corrected chi connectivity index (χ0v) is 43.8. The van der Waals surface area contributed by atoms with Gasteiger partial charge in [-0.3, -0.25) is 0 Å². The van der Waals surface area contributed by atoms with Crippen LogP contribution in [0.5, 0.6) is 0 Å². The molecule has 8 rings (SSSR count). The maximum Gasteiger partial charge on any atom is 0.0408 e. The minimum absolute atomic E-state index is 0. The van der Waals surface area contributed by atoms with Crippen molar-refractivity contribution in [1.82, 2.24) is 0 Å². The topological polar surface area (TPSA) is 13.0 Å². The van der Waals surface area contributed by atoms with Crippen LogP contribution in [0.3, 0.4) is 0 Å². The standard InChI is InChI=1S/4C13H13N.4HI/c4*1-14(12-8-4-2-5-9-12)13-10-6-3-7-11-13;;;;/h4*2-11H,1H3;4*1H. The lowest BCUT2D eigenvalue weighted by molar-refractivity contribution is 1.21. The summed E-state index contributed by atoms with van der Waals surface area (Å²) in [4.78, 5) is 8.67. The van der Waals surface area contributed by atoms with E-state index in [1.807, 2.05) is 48.5 Å². The first kappa shape index (κ1) is 53.9. The summed E-state index contributed by atoms with van der Waals surface area (Å²) in [6.07, 6.45) is 0. The molecule has 312 valence electrons. The van der Waals surface area contributed by atoms with Gasteiger partial charge in [0.05, 0.1) is 0 Å². The molecule has 0 saturated carbocycles. The molecule has 0 amide bonds. The summed E-state index contributed by atoms with van der Waals surface area (Å²) in [7, 11) is 8.30. The minimum Gasteiger partial charge on any atom is -0.345 e. The molecule has 0 bridgehead atoms. The van der Waals surface area contributed by atoms with E-state index in [1.54, 1.807) is 0 Å². The van der Waals surface area contributed by atoms with Gasteiger partial charge in [-0.1, -0.05) is 146 Å². The molecule has 8 aromatic rings. The largest absolute Gasteiger partial charge is 0.345 e. The molecule has 60 heavy (non-hydrogen) atoms. The van der Waals surface area contributed by atoms with Crippen molar-refractivity contribution in [3.63, 3.8) is 0 Å². The summed E-state index contributed by atoms with van der Waals surface area (Å²) in [6.45, 7) is 0. The zero-order valence-electron chi connectivity index (χ0n) is 34.5. The molecule has 4 nitrogen and oxygen atoms in total. The Morgan fingerprint density at radius 1 is 0.167 bits per heavy atom. The maximum absolute atomic E-state index is 2.17. The normalized spacial score (nSPS) is 9.13. The number of hydrogen-bond acceptors (Lipinski definition) is 4. The Balaban J connectivity index is 0.000000391. The first-order valence-electron chi connectivity index (χ1n) is 18.9. The first-order valence-corrected chi connectivity index (χ1v) is 18.9. The molecule has 0 unspecified atom stereocenters. The van der Waals surface area contributed by atoms with Gasteiger partial charge in [-0.15, -0.1) is 95.9 Å². The van der Waals surface area contributed by atoms with Gasteiger partial charge in [0, 0.05) is 73.7 Å². The van der Waals surface area contributed by atoms with Gasteiger partial charge >= 0.3 is 0 Å². The zero-order chi connectivity index (χ0) is 39.2. The van der Waals surface area contributed by atoms with Gasteiger partial charge < -0.3 is 19.6 Å². The monoisotopic (exact) mass is 1240 g/mol. The van der Waals surface area contributed by atoms with Crippen molar-refractivity contribution in [3.8, 4) is 0 Å². The van der Waals surface area contributed by atoms with Crippen molar-refractivity contribution in [2.75, 3.05) is 47.8 Å². The number of halogens is 4. The molecule has 0 N–H and O–H groups in total. The van der Waals surface area contributed by atoms with Crippen LogP contribution in [-0.2, 0) is 0 Å². The van der Waals surface area contributed by atoms with Crippen LogP contribution >= 0.6 is 95.9 Å². The van der Waals surface area contributed by atoms with Crippen LogP contribution in [0.1, 0.15) is 0 Å². The van der Waals surface area contributed by atoms with E-state index in [9.17, 15) is 0 Å². The Hall–Kier alpha value is -4.12. The Morgan fingerprint density at radius 3 is 0.333 bits per heavy atom. The number of nitrogens with zero attached hydrogens (tertiary/aromatic N) is 4. The second-order valence-electron chi connectivity index (χ2n) is 12.9. The van der Waals surface area contributed by atoms with E-state index in [2.05, 4.69) is 242 Å². The van der Waals surface area contributed by atoms with Crippen LogP contribution in [0, 0.1) is 0 Å². The molecule has 0 fully saturated rings. The Morgan fingerprint density at radius 2 is 0.250 bits per heavy atom. The second kappa shape index (κ2) is 30.8. The summed E-state index contributed by atoms with van der Waals surface area (Å²) in [5.74, 6) is 0. The maximum atomic E-state index is 2.17. The summed E-state index contributed by atoms with van der Waals surface area (Å²) < 4.78 is 0. The van der Waals surface area contributed by atoms with Crippen molar-refractivity contribution < 1.29 is 0 Å². The van der Waals surface area contributed by atoms with E-state index in [0.29, 0.717) is 0 Å². The van der Waals surface area contributed by atoms with Gasteiger partial charge in [0.2, 0.25) is 0 Å². The van der Waals surface area contributed by atoms with E-state index in [4.69, 9.17) is 0 Å². The predicted molar refractivity (Wildman–Crippen MR) is 305 cm³/mol. The summed E-state index contributed by atoms with van der Waals surface area (Å²) in [5.41, 5.74) is 9.66. The van der Waals surface area contributed by atoms with Crippen LogP contribution < -0.4 is 19.6 Å². The first-order chi connectivity index (χ1) is 27.5. The lowest BCUT2D eigenvalue weighted by Gasteiger charge is -2.18. The van der Waals surface area contributed by atoms with Crippen LogP contribution in [0.4, 0.5) is 45.5 Å². The highest BCUT2D eigenvalue weighted by molar-refractivity contribution is 14.0. The van der Waals surface area contributed by atoms with Crippen LogP contribution in [0.2, 0.25) is 0 Å². The van der Waals surface area contributed by atoms with E-state index in [1.165, 1.54) is 45.5 Å². The van der Waals surface area contributed by atoms with Crippen molar-refractivity contribution in [2.45, 2.75) is 0 Å². The lowest BCUT2D eigenvalue weighted by Crippen LogP contribution is -2.08. The fraction of sp³-hybridized carbons (Fsp3) is 0.0769. The number of benzene rings is 8. The van der Waals surface area contributed by atoms with Crippen molar-refractivity contribution >= 4 is 141 Å². The van der Waals surface area contributed by atoms with E-state index >= 15 is 0 Å². The fourth-order valence-corrected chi connectivity index (χ4v) is 5.81. The molecule has 0 atom stereocenters. The summed E-state index contributed by atoms with van der Waals surface area (Å²) >= 11 is 0. The SMILES string of the molecule is CN(c1ccccc1)c1ccccc1.CN(c1ccccc1)c1ccccc1.CN(c1ccccc1)c1ccccc1.CN(c1ccccc1)c1ccccc1.I.I.I.I. The van der Waals surface area contributed by atoms with Gasteiger partial charge in [0.1, 0.15) is 0 Å². The Bertz CT molecular complexity index is 1710. The highest BCUT2D eigenvalue weighted by Crippen LogP contribution is 2.25. The molecule has 0 spiro atoms. The number of anilines is 8. The van der Waals surface area contributed by atoms with Crippen LogP contribution in [0.25, 0.3) is 0 Å². The van der Waals surface area contributed by atoms with Crippen LogP contribution in [0.15, 0.2) is 243 Å². The molecule has 0 aromatic heterocycles. The highest BCUT2D eigenvalue weighted by Gasteiger charge is 2.03. The summed E-state index contributed by atoms with van der Waals surface area (Å²) in [6, 6.07) is 82.7. The van der Waals surface area contributed by atoms with Crippen LogP contribution in [-0.4, -0.2) is 28.2 Å². The predicted octanol–water partition coefficient (Wildman–Crippen LogP) is 16.3. The van der Waals surface area contributed by atoms with Crippen molar-refractivity contribution in [3.05, 3.63) is 243 Å². The molecule has 0 saturated heterocycles. The molecular weight excluding hydrogens is 1190 g/mol. The Labute approximate surface area is 427 Å². The van der Waals surface area contributed by atoms with E-state index in [0.717, 1.165) is 0 Å².